The molecule has 3 rings (SSSR count). The van der Waals surface area contributed by atoms with Crippen molar-refractivity contribution in [2.24, 2.45) is 0 Å². The minimum Gasteiger partial charge on any atom is -0.497 e. The summed E-state index contributed by atoms with van der Waals surface area (Å²) in [5.74, 6) is -0.721. The molecule has 1 unspecified atom stereocenters. The molecule has 0 aliphatic carbocycles. The van der Waals surface area contributed by atoms with Crippen LogP contribution >= 0.6 is 0 Å². The number of ether oxygens (including phenoxy) is 1. The first-order valence-electron chi connectivity index (χ1n) is 10.2. The number of methoxy groups -OCH3 is 1. The lowest BCUT2D eigenvalue weighted by Gasteiger charge is -2.28. The average molecular weight is 411 g/mol. The van der Waals surface area contributed by atoms with Crippen LogP contribution in [0.25, 0.3) is 0 Å². The second-order valence-electron chi connectivity index (χ2n) is 7.64. The predicted molar refractivity (Wildman–Crippen MR) is 119 cm³/mol. The van der Waals surface area contributed by atoms with Crippen molar-refractivity contribution >= 4 is 23.2 Å². The molecule has 2 aromatic rings. The minimum absolute atomic E-state index is 0.0391. The molecule has 1 aliphatic rings. The molecule has 0 aromatic heterocycles. The Morgan fingerprint density at radius 1 is 1.07 bits per heavy atom. The van der Waals surface area contributed by atoms with Crippen molar-refractivity contribution in [2.75, 3.05) is 51.1 Å². The van der Waals surface area contributed by atoms with Crippen molar-refractivity contribution in [1.82, 2.24) is 10.2 Å². The molecule has 1 fully saturated rings. The maximum Gasteiger partial charge on any atom is 0.313 e. The molecule has 2 N–H and O–H groups in total. The van der Waals surface area contributed by atoms with E-state index in [1.54, 1.807) is 31.4 Å². The van der Waals surface area contributed by atoms with E-state index in [4.69, 9.17) is 4.74 Å². The molecule has 160 valence electrons. The number of anilines is 2. The normalized spacial score (nSPS) is 14.8. The molecule has 1 saturated heterocycles. The smallest absolute Gasteiger partial charge is 0.313 e. The summed E-state index contributed by atoms with van der Waals surface area (Å²) < 4.78 is 5.14. The Balaban J connectivity index is 1.64. The zero-order chi connectivity index (χ0) is 21.5. The molecule has 7 nitrogen and oxygen atoms in total. The molecular weight excluding hydrogens is 380 g/mol. The van der Waals surface area contributed by atoms with Gasteiger partial charge in [0.2, 0.25) is 0 Å². The summed E-state index contributed by atoms with van der Waals surface area (Å²) in [5, 5.41) is 5.43. The SMILES string of the molecule is COc1cccc(NC(=O)C(=O)NCC(c2ccc(N(C)C)cc2)N2CCCC2)c1. The third kappa shape index (κ3) is 5.51. The van der Waals surface area contributed by atoms with Gasteiger partial charge >= 0.3 is 11.8 Å². The van der Waals surface area contributed by atoms with Gasteiger partial charge in [-0.2, -0.15) is 0 Å². The fraction of sp³-hybridized carbons (Fsp3) is 0.391. The van der Waals surface area contributed by atoms with E-state index < -0.39 is 11.8 Å². The zero-order valence-electron chi connectivity index (χ0n) is 17.9. The quantitative estimate of drug-likeness (QED) is 0.687. The van der Waals surface area contributed by atoms with Crippen LogP contribution in [0.4, 0.5) is 11.4 Å². The molecule has 1 aliphatic heterocycles. The summed E-state index contributed by atoms with van der Waals surface area (Å²) in [7, 11) is 5.57. The molecule has 30 heavy (non-hydrogen) atoms. The lowest BCUT2D eigenvalue weighted by Crippen LogP contribution is -2.41. The Kier molecular flexibility index (Phi) is 7.30. The Hall–Kier alpha value is -3.06. The van der Waals surface area contributed by atoms with Gasteiger partial charge in [0.1, 0.15) is 5.75 Å². The lowest BCUT2D eigenvalue weighted by atomic mass is 10.0. The minimum atomic E-state index is -0.689. The van der Waals surface area contributed by atoms with Crippen LogP contribution in [0.5, 0.6) is 5.75 Å². The van der Waals surface area contributed by atoms with Gasteiger partial charge in [-0.15, -0.1) is 0 Å². The highest BCUT2D eigenvalue weighted by Gasteiger charge is 2.25. The number of nitrogens with zero attached hydrogens (tertiary/aromatic N) is 2. The summed E-state index contributed by atoms with van der Waals surface area (Å²) in [6.45, 7) is 2.36. The first kappa shape index (κ1) is 21.6. The highest BCUT2D eigenvalue weighted by Crippen LogP contribution is 2.26. The summed E-state index contributed by atoms with van der Waals surface area (Å²) >= 11 is 0. The molecule has 0 saturated carbocycles. The van der Waals surface area contributed by atoms with E-state index in [2.05, 4.69) is 44.7 Å². The Morgan fingerprint density at radius 2 is 1.77 bits per heavy atom. The van der Waals surface area contributed by atoms with Crippen molar-refractivity contribution in [2.45, 2.75) is 18.9 Å². The number of hydrogen-bond acceptors (Lipinski definition) is 5. The van der Waals surface area contributed by atoms with Gasteiger partial charge in [-0.05, 0) is 55.8 Å². The first-order chi connectivity index (χ1) is 14.5. The number of nitrogens with one attached hydrogen (secondary N) is 2. The van der Waals surface area contributed by atoms with Crippen molar-refractivity contribution < 1.29 is 14.3 Å². The number of carbonyl (C=O) groups is 2. The van der Waals surface area contributed by atoms with Gasteiger partial charge in [-0.3, -0.25) is 14.5 Å². The van der Waals surface area contributed by atoms with Crippen LogP contribution < -0.4 is 20.3 Å². The second kappa shape index (κ2) is 10.1. The Bertz CT molecular complexity index is 861. The van der Waals surface area contributed by atoms with Crippen LogP contribution in [0, 0.1) is 0 Å². The van der Waals surface area contributed by atoms with Crippen LogP contribution in [-0.4, -0.2) is 57.6 Å². The van der Waals surface area contributed by atoms with E-state index in [0.29, 0.717) is 18.0 Å². The van der Waals surface area contributed by atoms with Crippen LogP contribution in [-0.2, 0) is 9.59 Å². The maximum absolute atomic E-state index is 12.4. The largest absolute Gasteiger partial charge is 0.497 e. The molecule has 1 atom stereocenters. The first-order valence-corrected chi connectivity index (χ1v) is 10.2. The van der Waals surface area contributed by atoms with Gasteiger partial charge in [0.25, 0.3) is 0 Å². The molecule has 7 heteroatoms. The third-order valence-corrected chi connectivity index (χ3v) is 5.37. The molecule has 0 bridgehead atoms. The van der Waals surface area contributed by atoms with E-state index in [1.165, 1.54) is 0 Å². The highest BCUT2D eigenvalue weighted by atomic mass is 16.5. The van der Waals surface area contributed by atoms with Gasteiger partial charge in [-0.1, -0.05) is 18.2 Å². The molecule has 0 radical (unpaired) electrons. The second-order valence-corrected chi connectivity index (χ2v) is 7.64. The van der Waals surface area contributed by atoms with Gasteiger partial charge in [-0.25, -0.2) is 0 Å². The number of benzene rings is 2. The Labute approximate surface area is 178 Å². The number of hydrogen-bond donors (Lipinski definition) is 2. The standard InChI is InChI=1S/C23H30N4O3/c1-26(2)19-11-9-17(10-12-19)21(27-13-4-5-14-27)16-24-22(28)23(29)25-18-7-6-8-20(15-18)30-3/h6-12,15,21H,4-5,13-14,16H2,1-3H3,(H,24,28)(H,25,29). The predicted octanol–water partition coefficient (Wildman–Crippen LogP) is 2.65. The number of rotatable bonds is 7. The number of likely N-dealkylation sites (tertiary alicyclic amines) is 1. The highest BCUT2D eigenvalue weighted by molar-refractivity contribution is 6.39. The van der Waals surface area contributed by atoms with Crippen molar-refractivity contribution in [3.8, 4) is 5.75 Å². The summed E-state index contributed by atoms with van der Waals surface area (Å²) in [4.78, 5) is 29.2. The summed E-state index contributed by atoms with van der Waals surface area (Å²) in [5.41, 5.74) is 2.78. The van der Waals surface area contributed by atoms with E-state index in [-0.39, 0.29) is 6.04 Å². The molecule has 2 aromatic carbocycles. The molecule has 0 spiro atoms. The summed E-state index contributed by atoms with van der Waals surface area (Å²) in [6, 6.07) is 15.3. The van der Waals surface area contributed by atoms with Crippen LogP contribution in [0.1, 0.15) is 24.4 Å². The van der Waals surface area contributed by atoms with Gasteiger partial charge < -0.3 is 20.3 Å². The van der Waals surface area contributed by atoms with Crippen molar-refractivity contribution in [3.05, 3.63) is 54.1 Å². The van der Waals surface area contributed by atoms with E-state index >= 15 is 0 Å². The van der Waals surface area contributed by atoms with E-state index in [9.17, 15) is 9.59 Å². The van der Waals surface area contributed by atoms with Gasteiger partial charge in [0.05, 0.1) is 13.2 Å². The fourth-order valence-corrected chi connectivity index (χ4v) is 3.66. The average Bonchev–Trinajstić information content (AvgIpc) is 3.28. The Morgan fingerprint density at radius 3 is 2.40 bits per heavy atom. The maximum atomic E-state index is 12.4. The van der Waals surface area contributed by atoms with Crippen LogP contribution in [0.2, 0.25) is 0 Å². The fourth-order valence-electron chi connectivity index (χ4n) is 3.66. The van der Waals surface area contributed by atoms with Crippen LogP contribution in [0.3, 0.4) is 0 Å². The van der Waals surface area contributed by atoms with Gasteiger partial charge in [0, 0.05) is 38.1 Å². The van der Waals surface area contributed by atoms with Crippen molar-refractivity contribution in [1.29, 1.82) is 0 Å². The molecule has 1 heterocycles. The zero-order valence-corrected chi connectivity index (χ0v) is 17.9. The lowest BCUT2D eigenvalue weighted by molar-refractivity contribution is -0.136. The molecule has 2 amide bonds. The van der Waals surface area contributed by atoms with Crippen molar-refractivity contribution in [3.63, 3.8) is 0 Å². The van der Waals surface area contributed by atoms with E-state index in [0.717, 1.165) is 37.2 Å². The van der Waals surface area contributed by atoms with Crippen LogP contribution in [0.15, 0.2) is 48.5 Å². The number of amides is 2. The monoisotopic (exact) mass is 410 g/mol. The number of carbonyl (C=O) groups excluding carboxylic acids is 2. The molecular formula is C23H30N4O3. The summed E-state index contributed by atoms with van der Waals surface area (Å²) in [6.07, 6.45) is 2.30. The topological polar surface area (TPSA) is 73.9 Å². The third-order valence-electron chi connectivity index (χ3n) is 5.37. The van der Waals surface area contributed by atoms with Gasteiger partial charge in [0.15, 0.2) is 0 Å². The van der Waals surface area contributed by atoms with E-state index in [1.807, 2.05) is 14.1 Å².